The van der Waals surface area contributed by atoms with Crippen LogP contribution in [-0.4, -0.2) is 26.5 Å². The number of sulfonamides is 1. The Morgan fingerprint density at radius 2 is 2.04 bits per heavy atom. The Balaban J connectivity index is 1.57. The van der Waals surface area contributed by atoms with Gasteiger partial charge in [0.15, 0.2) is 5.66 Å². The molecule has 0 saturated heterocycles. The Hall–Kier alpha value is -2.06. The predicted molar refractivity (Wildman–Crippen MR) is 105 cm³/mol. The molecule has 27 heavy (non-hydrogen) atoms. The van der Waals surface area contributed by atoms with E-state index in [1.165, 1.54) is 17.4 Å². The Labute approximate surface area is 166 Å². The van der Waals surface area contributed by atoms with Gasteiger partial charge in [-0.2, -0.15) is 10.2 Å². The Morgan fingerprint density at radius 3 is 2.70 bits per heavy atom. The lowest BCUT2D eigenvalue weighted by Gasteiger charge is -2.10. The molecular formula is C17H18N4O3S3. The summed E-state index contributed by atoms with van der Waals surface area (Å²) in [7, 11) is -3.77. The SMILES string of the molecule is C#CCCC1(CCNC(=O)c2sccc2S(=O)(=O)NCc2cccs2)N=N1. The molecule has 0 unspecified atom stereocenters. The van der Waals surface area contributed by atoms with Gasteiger partial charge in [0.1, 0.15) is 9.77 Å². The minimum absolute atomic E-state index is 0.00982. The van der Waals surface area contributed by atoms with E-state index in [4.69, 9.17) is 6.42 Å². The molecular weight excluding hydrogens is 404 g/mol. The number of carbonyl (C=O) groups excluding carboxylic acids is 1. The maximum atomic E-state index is 12.5. The first kappa shape index (κ1) is 19.7. The lowest BCUT2D eigenvalue weighted by Crippen LogP contribution is -2.30. The molecule has 0 aliphatic carbocycles. The smallest absolute Gasteiger partial charge is 0.262 e. The number of rotatable bonds is 10. The summed E-state index contributed by atoms with van der Waals surface area (Å²) >= 11 is 2.56. The van der Waals surface area contributed by atoms with E-state index in [1.54, 1.807) is 5.38 Å². The molecule has 1 amide bonds. The highest BCUT2D eigenvalue weighted by molar-refractivity contribution is 7.89. The molecule has 3 rings (SSSR count). The number of hydrogen-bond donors (Lipinski definition) is 2. The monoisotopic (exact) mass is 422 g/mol. The van der Waals surface area contributed by atoms with Gasteiger partial charge in [-0.1, -0.05) is 6.07 Å². The van der Waals surface area contributed by atoms with E-state index in [2.05, 4.69) is 26.2 Å². The van der Waals surface area contributed by atoms with Crippen molar-refractivity contribution >= 4 is 38.6 Å². The van der Waals surface area contributed by atoms with Gasteiger partial charge in [-0.05, 0) is 22.9 Å². The van der Waals surface area contributed by atoms with Crippen molar-refractivity contribution in [3.8, 4) is 12.3 Å². The van der Waals surface area contributed by atoms with Crippen molar-refractivity contribution in [1.82, 2.24) is 10.0 Å². The highest BCUT2D eigenvalue weighted by Crippen LogP contribution is 2.36. The molecule has 0 spiro atoms. The molecule has 2 N–H and O–H groups in total. The molecule has 0 fully saturated rings. The maximum Gasteiger partial charge on any atom is 0.262 e. The van der Waals surface area contributed by atoms with E-state index >= 15 is 0 Å². The molecule has 7 nitrogen and oxygen atoms in total. The average Bonchev–Trinajstić information content (AvgIpc) is 3.08. The third-order valence-corrected chi connectivity index (χ3v) is 7.37. The zero-order valence-corrected chi connectivity index (χ0v) is 16.8. The van der Waals surface area contributed by atoms with Crippen molar-refractivity contribution in [2.45, 2.75) is 36.4 Å². The molecule has 142 valence electrons. The van der Waals surface area contributed by atoms with Gasteiger partial charge in [0.2, 0.25) is 10.0 Å². The molecule has 2 aromatic heterocycles. The highest BCUT2D eigenvalue weighted by Gasteiger charge is 2.38. The van der Waals surface area contributed by atoms with E-state index in [1.807, 2.05) is 17.5 Å². The van der Waals surface area contributed by atoms with Crippen molar-refractivity contribution < 1.29 is 13.2 Å². The fourth-order valence-electron chi connectivity index (χ4n) is 2.46. The Bertz CT molecular complexity index is 965. The van der Waals surface area contributed by atoms with Crippen molar-refractivity contribution in [1.29, 1.82) is 0 Å². The number of terminal acetylenes is 1. The Morgan fingerprint density at radius 1 is 1.22 bits per heavy atom. The summed E-state index contributed by atoms with van der Waals surface area (Å²) in [5, 5.41) is 14.2. The fourth-order valence-corrected chi connectivity index (χ4v) is 5.54. The third kappa shape index (κ3) is 5.01. The van der Waals surface area contributed by atoms with Crippen molar-refractivity contribution in [2.75, 3.05) is 6.54 Å². The van der Waals surface area contributed by atoms with Crippen molar-refractivity contribution in [3.05, 3.63) is 38.7 Å². The standard InChI is InChI=1S/C17H18N4O3S3/c1-2-3-7-17(20-21-17)8-9-18-16(22)15-14(6-11-26-15)27(23,24)19-12-13-5-4-10-25-13/h1,4-6,10-11,19H,3,7-9,12H2,(H,18,22). The number of nitrogens with zero attached hydrogens (tertiary/aromatic N) is 2. The second-order valence-corrected chi connectivity index (χ2v) is 9.59. The number of thiophene rings is 2. The largest absolute Gasteiger partial charge is 0.351 e. The minimum atomic E-state index is -3.77. The van der Waals surface area contributed by atoms with Crippen LogP contribution in [0.2, 0.25) is 0 Å². The molecule has 0 atom stereocenters. The zero-order valence-electron chi connectivity index (χ0n) is 14.3. The zero-order chi connectivity index (χ0) is 19.3. The van der Waals surface area contributed by atoms with Crippen molar-refractivity contribution in [2.24, 2.45) is 10.2 Å². The van der Waals surface area contributed by atoms with E-state index in [0.29, 0.717) is 25.8 Å². The average molecular weight is 423 g/mol. The quantitative estimate of drug-likeness (QED) is 0.576. The molecule has 2 aromatic rings. The van der Waals surface area contributed by atoms with Gasteiger partial charge in [0.05, 0.1) is 0 Å². The van der Waals surface area contributed by atoms with E-state index in [0.717, 1.165) is 16.2 Å². The lowest BCUT2D eigenvalue weighted by molar-refractivity contribution is 0.0953. The summed E-state index contributed by atoms with van der Waals surface area (Å²) in [6.07, 6.45) is 7.03. The van der Waals surface area contributed by atoms with Gasteiger partial charge in [-0.25, -0.2) is 13.1 Å². The van der Waals surface area contributed by atoms with Gasteiger partial charge < -0.3 is 5.32 Å². The van der Waals surface area contributed by atoms with Crippen LogP contribution in [0, 0.1) is 12.3 Å². The summed E-state index contributed by atoms with van der Waals surface area (Å²) in [4.78, 5) is 13.5. The predicted octanol–water partition coefficient (Wildman–Crippen LogP) is 2.98. The molecule has 10 heteroatoms. The first-order chi connectivity index (χ1) is 13.0. The molecule has 1 aliphatic rings. The number of nitrogens with one attached hydrogen (secondary N) is 2. The summed E-state index contributed by atoms with van der Waals surface area (Å²) < 4.78 is 27.6. The molecule has 3 heterocycles. The van der Waals surface area contributed by atoms with Gasteiger partial charge in [0, 0.05) is 37.2 Å². The summed E-state index contributed by atoms with van der Waals surface area (Å²) in [5.74, 6) is 2.13. The topological polar surface area (TPSA) is 100.0 Å². The van der Waals surface area contributed by atoms with Crippen LogP contribution < -0.4 is 10.0 Å². The third-order valence-electron chi connectivity index (χ3n) is 4.00. The highest BCUT2D eigenvalue weighted by atomic mass is 32.2. The second kappa shape index (κ2) is 8.31. The summed E-state index contributed by atoms with van der Waals surface area (Å²) in [5.41, 5.74) is -0.480. The molecule has 0 aromatic carbocycles. The molecule has 0 saturated carbocycles. The van der Waals surface area contributed by atoms with Crippen LogP contribution in [-0.2, 0) is 16.6 Å². The van der Waals surface area contributed by atoms with Gasteiger partial charge in [0.25, 0.3) is 5.91 Å². The Kier molecular flexibility index (Phi) is 6.06. The number of hydrogen-bond acceptors (Lipinski definition) is 7. The van der Waals surface area contributed by atoms with Crippen LogP contribution in [0.5, 0.6) is 0 Å². The first-order valence-electron chi connectivity index (χ1n) is 8.21. The van der Waals surface area contributed by atoms with Crippen LogP contribution in [0.3, 0.4) is 0 Å². The second-order valence-electron chi connectivity index (χ2n) is 5.91. The summed E-state index contributed by atoms with van der Waals surface area (Å²) in [6.45, 7) is 0.536. The minimum Gasteiger partial charge on any atom is -0.351 e. The van der Waals surface area contributed by atoms with Gasteiger partial charge >= 0.3 is 0 Å². The van der Waals surface area contributed by atoms with Crippen molar-refractivity contribution in [3.63, 3.8) is 0 Å². The van der Waals surface area contributed by atoms with E-state index in [-0.39, 0.29) is 16.3 Å². The number of carbonyl (C=O) groups is 1. The summed E-state index contributed by atoms with van der Waals surface area (Å²) in [6, 6.07) is 5.14. The molecule has 0 radical (unpaired) electrons. The van der Waals surface area contributed by atoms with E-state index in [9.17, 15) is 13.2 Å². The van der Waals surface area contributed by atoms with Crippen LogP contribution in [0.1, 0.15) is 33.8 Å². The van der Waals surface area contributed by atoms with E-state index < -0.39 is 21.6 Å². The lowest BCUT2D eigenvalue weighted by atomic mass is 10.0. The normalized spacial score (nSPS) is 14.6. The van der Waals surface area contributed by atoms with Crippen LogP contribution >= 0.6 is 22.7 Å². The van der Waals surface area contributed by atoms with Crippen LogP contribution in [0.25, 0.3) is 0 Å². The first-order valence-corrected chi connectivity index (χ1v) is 11.5. The molecule has 1 aliphatic heterocycles. The van der Waals surface area contributed by atoms with Crippen LogP contribution in [0.4, 0.5) is 0 Å². The van der Waals surface area contributed by atoms with Gasteiger partial charge in [-0.15, -0.1) is 35.0 Å². The fraction of sp³-hybridized carbons (Fsp3) is 0.353. The van der Waals surface area contributed by atoms with Crippen LogP contribution in [0.15, 0.2) is 44.1 Å². The number of amides is 1. The molecule has 0 bridgehead atoms. The van der Waals surface area contributed by atoms with Gasteiger partial charge in [-0.3, -0.25) is 4.79 Å². The maximum absolute atomic E-state index is 12.5.